The van der Waals surface area contributed by atoms with Crippen molar-refractivity contribution in [2.45, 2.75) is 26.6 Å². The largest absolute Gasteiger partial charge is 0.416 e. The maximum absolute atomic E-state index is 12.8. The first-order valence-electron chi connectivity index (χ1n) is 8.13. The van der Waals surface area contributed by atoms with Crippen LogP contribution in [0.2, 0.25) is 0 Å². The number of imide groups is 1. The summed E-state index contributed by atoms with van der Waals surface area (Å²) in [6.45, 7) is 3.99. The highest BCUT2D eigenvalue weighted by Crippen LogP contribution is 2.35. The van der Waals surface area contributed by atoms with Gasteiger partial charge in [0.05, 0.1) is 17.0 Å². The highest BCUT2D eigenvalue weighted by molar-refractivity contribution is 8.18. The molecule has 1 heterocycles. The predicted octanol–water partition coefficient (Wildman–Crippen LogP) is 5.56. The van der Waals surface area contributed by atoms with Gasteiger partial charge in [0.15, 0.2) is 0 Å². The van der Waals surface area contributed by atoms with Crippen LogP contribution in [0.15, 0.2) is 47.4 Å². The molecule has 0 aliphatic carbocycles. The molecule has 3 nitrogen and oxygen atoms in total. The van der Waals surface area contributed by atoms with Crippen LogP contribution in [-0.2, 0) is 17.5 Å². The molecule has 140 valence electrons. The SMILES string of the molecule is Cc1cc(C)cc(CN2C(=O)SC(=Cc3cccc(C(F)(F)F)c3)C2=O)c1. The van der Waals surface area contributed by atoms with Gasteiger partial charge in [-0.2, -0.15) is 13.2 Å². The van der Waals surface area contributed by atoms with E-state index >= 15 is 0 Å². The monoisotopic (exact) mass is 391 g/mol. The Bertz CT molecular complexity index is 930. The minimum Gasteiger partial charge on any atom is -0.268 e. The van der Waals surface area contributed by atoms with E-state index in [9.17, 15) is 22.8 Å². The summed E-state index contributed by atoms with van der Waals surface area (Å²) >= 11 is 0.735. The van der Waals surface area contributed by atoms with Gasteiger partial charge < -0.3 is 0 Å². The Balaban J connectivity index is 1.84. The molecule has 1 saturated heterocycles. The van der Waals surface area contributed by atoms with Crippen LogP contribution >= 0.6 is 11.8 Å². The number of aryl methyl sites for hydroxylation is 2. The normalized spacial score (nSPS) is 16.5. The van der Waals surface area contributed by atoms with E-state index in [1.807, 2.05) is 32.0 Å². The molecule has 7 heteroatoms. The summed E-state index contributed by atoms with van der Waals surface area (Å²) in [6, 6.07) is 10.4. The van der Waals surface area contributed by atoms with Crippen molar-refractivity contribution in [2.75, 3.05) is 0 Å². The summed E-state index contributed by atoms with van der Waals surface area (Å²) in [5.74, 6) is -0.499. The first-order chi connectivity index (χ1) is 12.6. The number of hydrogen-bond donors (Lipinski definition) is 0. The molecule has 0 atom stereocenters. The Morgan fingerprint density at radius 1 is 1.04 bits per heavy atom. The topological polar surface area (TPSA) is 37.4 Å². The Labute approximate surface area is 158 Å². The zero-order chi connectivity index (χ0) is 19.8. The fourth-order valence-electron chi connectivity index (χ4n) is 2.94. The quantitative estimate of drug-likeness (QED) is 0.643. The maximum Gasteiger partial charge on any atom is 0.416 e. The summed E-state index contributed by atoms with van der Waals surface area (Å²) < 4.78 is 38.5. The second-order valence-electron chi connectivity index (χ2n) is 6.39. The molecule has 0 radical (unpaired) electrons. The predicted molar refractivity (Wildman–Crippen MR) is 98.9 cm³/mol. The van der Waals surface area contributed by atoms with E-state index in [-0.39, 0.29) is 17.0 Å². The summed E-state index contributed by atoms with van der Waals surface area (Å²) in [5, 5.41) is -0.433. The Morgan fingerprint density at radius 3 is 2.33 bits per heavy atom. The average Bonchev–Trinajstić information content (AvgIpc) is 2.81. The average molecular weight is 391 g/mol. The lowest BCUT2D eigenvalue weighted by Gasteiger charge is -2.13. The first kappa shape index (κ1) is 19.2. The Hall–Kier alpha value is -2.54. The van der Waals surface area contributed by atoms with E-state index in [0.29, 0.717) is 0 Å². The molecule has 2 amide bonds. The number of carbonyl (C=O) groups is 2. The van der Waals surface area contributed by atoms with E-state index in [4.69, 9.17) is 0 Å². The second kappa shape index (κ2) is 7.23. The van der Waals surface area contributed by atoms with Crippen molar-refractivity contribution in [3.8, 4) is 0 Å². The standard InChI is InChI=1S/C20H16F3NO2S/c1-12-6-13(2)8-15(7-12)11-24-18(25)17(27-19(24)26)10-14-4-3-5-16(9-14)20(21,22)23/h3-10H,11H2,1-2H3. The first-order valence-corrected chi connectivity index (χ1v) is 8.95. The number of carbonyl (C=O) groups excluding carboxylic acids is 2. The smallest absolute Gasteiger partial charge is 0.268 e. The van der Waals surface area contributed by atoms with E-state index in [1.54, 1.807) is 0 Å². The van der Waals surface area contributed by atoms with Gasteiger partial charge in [0.2, 0.25) is 0 Å². The number of hydrogen-bond acceptors (Lipinski definition) is 3. The van der Waals surface area contributed by atoms with Gasteiger partial charge in [-0.25, -0.2) is 0 Å². The molecule has 0 unspecified atom stereocenters. The minimum atomic E-state index is -4.47. The van der Waals surface area contributed by atoms with Gasteiger partial charge in [0.1, 0.15) is 0 Å². The van der Waals surface area contributed by atoms with Crippen molar-refractivity contribution in [3.05, 3.63) is 75.2 Å². The fourth-order valence-corrected chi connectivity index (χ4v) is 3.77. The van der Waals surface area contributed by atoms with E-state index < -0.39 is 22.9 Å². The lowest BCUT2D eigenvalue weighted by atomic mass is 10.1. The third-order valence-electron chi connectivity index (χ3n) is 4.01. The molecular weight excluding hydrogens is 375 g/mol. The molecule has 0 bridgehead atoms. The maximum atomic E-state index is 12.8. The zero-order valence-electron chi connectivity index (χ0n) is 14.6. The summed E-state index contributed by atoms with van der Waals surface area (Å²) in [7, 11) is 0. The van der Waals surface area contributed by atoms with Gasteiger partial charge in [-0.15, -0.1) is 0 Å². The molecule has 0 spiro atoms. The van der Waals surface area contributed by atoms with Gasteiger partial charge >= 0.3 is 6.18 Å². The van der Waals surface area contributed by atoms with Crippen LogP contribution < -0.4 is 0 Å². The minimum absolute atomic E-state index is 0.115. The van der Waals surface area contributed by atoms with Crippen LogP contribution in [-0.4, -0.2) is 16.0 Å². The highest BCUT2D eigenvalue weighted by Gasteiger charge is 2.35. The number of rotatable bonds is 3. The molecule has 3 rings (SSSR count). The van der Waals surface area contributed by atoms with Gasteiger partial charge in [-0.1, -0.05) is 41.5 Å². The van der Waals surface area contributed by atoms with Crippen LogP contribution in [0, 0.1) is 13.8 Å². The van der Waals surface area contributed by atoms with Gasteiger partial charge in [-0.05, 0) is 54.9 Å². The molecular formula is C20H16F3NO2S. The molecule has 1 fully saturated rings. The van der Waals surface area contributed by atoms with Crippen molar-refractivity contribution in [2.24, 2.45) is 0 Å². The van der Waals surface area contributed by atoms with Gasteiger partial charge in [-0.3, -0.25) is 14.5 Å². The van der Waals surface area contributed by atoms with Crippen LogP contribution in [0.1, 0.15) is 27.8 Å². The van der Waals surface area contributed by atoms with Crippen molar-refractivity contribution in [1.29, 1.82) is 0 Å². The van der Waals surface area contributed by atoms with Crippen molar-refractivity contribution >= 4 is 29.0 Å². The molecule has 0 N–H and O–H groups in total. The second-order valence-corrected chi connectivity index (χ2v) is 7.38. The number of amides is 2. The lowest BCUT2D eigenvalue weighted by Crippen LogP contribution is -2.27. The summed E-state index contributed by atoms with van der Waals surface area (Å²) in [5.41, 5.74) is 2.30. The van der Waals surface area contributed by atoms with Crippen molar-refractivity contribution in [3.63, 3.8) is 0 Å². The zero-order valence-corrected chi connectivity index (χ0v) is 15.4. The Morgan fingerprint density at radius 2 is 1.70 bits per heavy atom. The van der Waals surface area contributed by atoms with Crippen molar-refractivity contribution in [1.82, 2.24) is 4.90 Å². The number of thioether (sulfide) groups is 1. The van der Waals surface area contributed by atoms with E-state index in [1.165, 1.54) is 18.2 Å². The summed E-state index contributed by atoms with van der Waals surface area (Å²) in [6.07, 6.45) is -3.14. The number of alkyl halides is 3. The van der Waals surface area contributed by atoms with Crippen molar-refractivity contribution < 1.29 is 22.8 Å². The van der Waals surface area contributed by atoms with E-state index in [2.05, 4.69) is 0 Å². The number of nitrogens with zero attached hydrogens (tertiary/aromatic N) is 1. The van der Waals surface area contributed by atoms with Gasteiger partial charge in [0.25, 0.3) is 11.1 Å². The number of benzene rings is 2. The number of halogens is 3. The van der Waals surface area contributed by atoms with E-state index in [0.717, 1.165) is 45.5 Å². The van der Waals surface area contributed by atoms with Crippen LogP contribution in [0.5, 0.6) is 0 Å². The molecule has 27 heavy (non-hydrogen) atoms. The lowest BCUT2D eigenvalue weighted by molar-refractivity contribution is -0.137. The van der Waals surface area contributed by atoms with Crippen LogP contribution in [0.3, 0.4) is 0 Å². The fraction of sp³-hybridized carbons (Fsp3) is 0.200. The van der Waals surface area contributed by atoms with Crippen LogP contribution in [0.25, 0.3) is 6.08 Å². The Kier molecular flexibility index (Phi) is 5.15. The van der Waals surface area contributed by atoms with Crippen LogP contribution in [0.4, 0.5) is 18.0 Å². The molecule has 1 aliphatic rings. The molecule has 2 aromatic rings. The van der Waals surface area contributed by atoms with Gasteiger partial charge in [0, 0.05) is 0 Å². The highest BCUT2D eigenvalue weighted by atomic mass is 32.2. The summed E-state index contributed by atoms with van der Waals surface area (Å²) in [4.78, 5) is 26.0. The molecule has 0 saturated carbocycles. The molecule has 1 aliphatic heterocycles. The molecule has 2 aromatic carbocycles. The third kappa shape index (κ3) is 4.42. The third-order valence-corrected chi connectivity index (χ3v) is 4.91. The molecule has 0 aromatic heterocycles.